The highest BCUT2D eigenvalue weighted by Crippen LogP contribution is 2.28. The molecule has 0 unspecified atom stereocenters. The summed E-state index contributed by atoms with van der Waals surface area (Å²) in [6, 6.07) is 0. The Morgan fingerprint density at radius 3 is 1.33 bits per heavy atom. The number of nitrogens with two attached hydrogens (primary N) is 1. The molecule has 0 aromatic heterocycles. The Bertz CT molecular complexity index is 202. The van der Waals surface area contributed by atoms with Crippen molar-refractivity contribution in [1.82, 2.24) is 0 Å². The van der Waals surface area contributed by atoms with Crippen molar-refractivity contribution in [2.24, 2.45) is 11.1 Å². The van der Waals surface area contributed by atoms with E-state index in [0.29, 0.717) is 0 Å². The lowest BCUT2D eigenvalue weighted by atomic mass is 9.74. The van der Waals surface area contributed by atoms with Gasteiger partial charge in [-0.2, -0.15) is 0 Å². The first-order valence-corrected chi connectivity index (χ1v) is 3.39. The zero-order chi connectivity index (χ0) is 10.2. The van der Waals surface area contributed by atoms with E-state index in [4.69, 9.17) is 15.9 Å². The number of rotatable bonds is 2. The van der Waals surface area contributed by atoms with Crippen LogP contribution in [-0.4, -0.2) is 27.7 Å². The van der Waals surface area contributed by atoms with Crippen LogP contribution in [0.3, 0.4) is 0 Å². The fourth-order valence-electron chi connectivity index (χ4n) is 0.733. The van der Waals surface area contributed by atoms with Gasteiger partial charge in [0.05, 0.1) is 0 Å². The molecule has 0 spiro atoms. The molecule has 12 heavy (non-hydrogen) atoms. The smallest absolute Gasteiger partial charge is 0.335 e. The first-order valence-electron chi connectivity index (χ1n) is 3.39. The van der Waals surface area contributed by atoms with Crippen molar-refractivity contribution in [2.75, 3.05) is 0 Å². The van der Waals surface area contributed by atoms with Gasteiger partial charge in [0.2, 0.25) is 5.54 Å². The van der Waals surface area contributed by atoms with Crippen LogP contribution >= 0.6 is 0 Å². The average Bonchev–Trinajstić information content (AvgIpc) is 1.82. The molecule has 0 atom stereocenters. The number of hydrogen-bond acceptors (Lipinski definition) is 3. The second-order valence-corrected chi connectivity index (χ2v) is 3.67. The molecule has 0 radical (unpaired) electrons. The molecular formula is C7H13NO4. The van der Waals surface area contributed by atoms with E-state index in [9.17, 15) is 9.59 Å². The Labute approximate surface area is 70.2 Å². The average molecular weight is 175 g/mol. The molecule has 0 rings (SSSR count). The predicted molar refractivity (Wildman–Crippen MR) is 41.6 cm³/mol. The summed E-state index contributed by atoms with van der Waals surface area (Å²) in [6.45, 7) is 4.40. The molecule has 0 amide bonds. The van der Waals surface area contributed by atoms with Gasteiger partial charge >= 0.3 is 11.9 Å². The first-order chi connectivity index (χ1) is 5.14. The molecule has 0 aliphatic carbocycles. The molecule has 0 aliphatic rings. The lowest BCUT2D eigenvalue weighted by Crippen LogP contribution is -2.63. The lowest BCUT2D eigenvalue weighted by Gasteiger charge is -2.33. The number of carboxylic acids is 2. The Morgan fingerprint density at radius 1 is 1.08 bits per heavy atom. The van der Waals surface area contributed by atoms with Crippen LogP contribution in [0.2, 0.25) is 0 Å². The zero-order valence-electron chi connectivity index (χ0n) is 7.29. The fraction of sp³-hybridized carbons (Fsp3) is 0.714. The number of carbonyl (C=O) groups is 2. The van der Waals surface area contributed by atoms with Crippen LogP contribution in [0, 0.1) is 5.41 Å². The molecule has 4 N–H and O–H groups in total. The molecule has 0 heterocycles. The number of aliphatic carboxylic acids is 2. The minimum Gasteiger partial charge on any atom is -0.479 e. The van der Waals surface area contributed by atoms with Gasteiger partial charge in [-0.1, -0.05) is 20.8 Å². The largest absolute Gasteiger partial charge is 0.479 e. The van der Waals surface area contributed by atoms with Crippen LogP contribution in [0.15, 0.2) is 0 Å². The van der Waals surface area contributed by atoms with Gasteiger partial charge in [-0.05, 0) is 0 Å². The summed E-state index contributed by atoms with van der Waals surface area (Å²) in [5, 5.41) is 17.3. The highest BCUT2D eigenvalue weighted by atomic mass is 16.4. The van der Waals surface area contributed by atoms with E-state index in [1.807, 2.05) is 0 Å². The van der Waals surface area contributed by atoms with Crippen LogP contribution < -0.4 is 5.73 Å². The van der Waals surface area contributed by atoms with Gasteiger partial charge < -0.3 is 15.9 Å². The summed E-state index contributed by atoms with van der Waals surface area (Å²) in [6.07, 6.45) is 0. The monoisotopic (exact) mass is 175 g/mol. The fourth-order valence-corrected chi connectivity index (χ4v) is 0.733. The molecule has 0 saturated heterocycles. The van der Waals surface area contributed by atoms with Crippen molar-refractivity contribution in [2.45, 2.75) is 26.3 Å². The molecule has 0 aliphatic heterocycles. The van der Waals surface area contributed by atoms with Crippen molar-refractivity contribution >= 4 is 11.9 Å². The Morgan fingerprint density at radius 2 is 1.33 bits per heavy atom. The first kappa shape index (κ1) is 10.9. The van der Waals surface area contributed by atoms with Crippen LogP contribution in [0.25, 0.3) is 0 Å². The maximum Gasteiger partial charge on any atom is 0.335 e. The maximum absolute atomic E-state index is 10.6. The second-order valence-electron chi connectivity index (χ2n) is 3.67. The molecule has 0 fully saturated rings. The van der Waals surface area contributed by atoms with E-state index in [-0.39, 0.29) is 0 Å². The van der Waals surface area contributed by atoms with E-state index < -0.39 is 22.9 Å². The van der Waals surface area contributed by atoms with Crippen molar-refractivity contribution in [1.29, 1.82) is 0 Å². The van der Waals surface area contributed by atoms with E-state index in [1.165, 1.54) is 20.8 Å². The maximum atomic E-state index is 10.6. The van der Waals surface area contributed by atoms with Crippen LogP contribution in [-0.2, 0) is 9.59 Å². The van der Waals surface area contributed by atoms with E-state index in [0.717, 1.165) is 0 Å². The van der Waals surface area contributed by atoms with Crippen molar-refractivity contribution in [3.63, 3.8) is 0 Å². The summed E-state index contributed by atoms with van der Waals surface area (Å²) >= 11 is 0. The third-order valence-electron chi connectivity index (χ3n) is 1.86. The summed E-state index contributed by atoms with van der Waals surface area (Å²) < 4.78 is 0. The van der Waals surface area contributed by atoms with Crippen LogP contribution in [0.1, 0.15) is 20.8 Å². The number of carboxylic acid groups (broad SMARTS) is 2. The van der Waals surface area contributed by atoms with Gasteiger partial charge in [-0.15, -0.1) is 0 Å². The lowest BCUT2D eigenvalue weighted by molar-refractivity contribution is -0.162. The molecule has 5 nitrogen and oxygen atoms in total. The summed E-state index contributed by atoms with van der Waals surface area (Å²) in [5.74, 6) is -3.05. The minimum atomic E-state index is -2.23. The summed E-state index contributed by atoms with van der Waals surface area (Å²) in [5.41, 5.74) is 2.01. The van der Waals surface area contributed by atoms with Crippen molar-refractivity contribution in [3.05, 3.63) is 0 Å². The third-order valence-corrected chi connectivity index (χ3v) is 1.86. The van der Waals surface area contributed by atoms with Crippen molar-refractivity contribution in [3.8, 4) is 0 Å². The van der Waals surface area contributed by atoms with Crippen molar-refractivity contribution < 1.29 is 19.8 Å². The SMILES string of the molecule is CC(C)(C)C(N)(C(=O)O)C(=O)O. The zero-order valence-corrected chi connectivity index (χ0v) is 7.29. The normalized spacial score (nSPS) is 12.7. The van der Waals surface area contributed by atoms with Gasteiger partial charge in [0, 0.05) is 5.41 Å². The Kier molecular flexibility index (Phi) is 2.49. The highest BCUT2D eigenvalue weighted by Gasteiger charge is 2.52. The van der Waals surface area contributed by atoms with Gasteiger partial charge in [0.1, 0.15) is 0 Å². The molecule has 0 aromatic carbocycles. The van der Waals surface area contributed by atoms with Gasteiger partial charge in [0.15, 0.2) is 0 Å². The quantitative estimate of drug-likeness (QED) is 0.509. The second kappa shape index (κ2) is 2.75. The van der Waals surface area contributed by atoms with E-state index in [1.54, 1.807) is 0 Å². The Balaban J connectivity index is 5.17. The Hall–Kier alpha value is -1.10. The molecule has 0 saturated carbocycles. The number of hydrogen-bond donors (Lipinski definition) is 3. The predicted octanol–water partition coefficient (Wildman–Crippen LogP) is -0.101. The summed E-state index contributed by atoms with van der Waals surface area (Å²) in [7, 11) is 0. The standard InChI is InChI=1S/C7H13NO4/c1-6(2,3)7(8,4(9)10)5(11)12/h8H2,1-3H3,(H,9,10)(H,11,12). The van der Waals surface area contributed by atoms with Crippen LogP contribution in [0.4, 0.5) is 0 Å². The van der Waals surface area contributed by atoms with Gasteiger partial charge in [0.25, 0.3) is 0 Å². The molecule has 0 aromatic rings. The van der Waals surface area contributed by atoms with Gasteiger partial charge in [-0.3, -0.25) is 0 Å². The van der Waals surface area contributed by atoms with Gasteiger partial charge in [-0.25, -0.2) is 9.59 Å². The van der Waals surface area contributed by atoms with E-state index in [2.05, 4.69) is 0 Å². The molecule has 0 bridgehead atoms. The minimum absolute atomic E-state index is 1.02. The highest BCUT2D eigenvalue weighted by molar-refractivity contribution is 6.03. The third kappa shape index (κ3) is 1.40. The topological polar surface area (TPSA) is 101 Å². The molecule has 5 heteroatoms. The van der Waals surface area contributed by atoms with Crippen LogP contribution in [0.5, 0.6) is 0 Å². The molecule has 70 valence electrons. The van der Waals surface area contributed by atoms with E-state index >= 15 is 0 Å². The summed E-state index contributed by atoms with van der Waals surface area (Å²) in [4.78, 5) is 21.2. The molecular weight excluding hydrogens is 162 g/mol.